The Morgan fingerprint density at radius 1 is 1.04 bits per heavy atom. The molecule has 1 aliphatic heterocycles. The van der Waals surface area contributed by atoms with Gasteiger partial charge in [-0.25, -0.2) is 0 Å². The third-order valence-corrected chi connectivity index (χ3v) is 3.81. The number of hydrogen-bond donors (Lipinski definition) is 0. The number of hydrogen-bond acceptors (Lipinski definition) is 5. The standard InChI is InChI=1S/C20H18O5/c1-12(2)20-19(22)16-9-8-15(11-17(16)25-20)24-18(21)10-13-4-6-14(23-3)7-5-13/h4-9,11H,10H2,1-3H3. The van der Waals surface area contributed by atoms with Crippen molar-refractivity contribution in [3.63, 3.8) is 0 Å². The van der Waals surface area contributed by atoms with Crippen molar-refractivity contribution in [3.8, 4) is 17.2 Å². The van der Waals surface area contributed by atoms with Gasteiger partial charge in [0.05, 0.1) is 19.1 Å². The van der Waals surface area contributed by atoms with Gasteiger partial charge in [0.25, 0.3) is 0 Å². The van der Waals surface area contributed by atoms with Crippen LogP contribution in [-0.2, 0) is 11.2 Å². The maximum atomic E-state index is 12.2. The Kier molecular flexibility index (Phi) is 4.57. The molecule has 1 heterocycles. The van der Waals surface area contributed by atoms with Crippen molar-refractivity contribution in [2.24, 2.45) is 0 Å². The summed E-state index contributed by atoms with van der Waals surface area (Å²) in [7, 11) is 1.59. The normalized spacial score (nSPS) is 12.4. The lowest BCUT2D eigenvalue weighted by Crippen LogP contribution is -2.11. The Labute approximate surface area is 145 Å². The van der Waals surface area contributed by atoms with Crippen molar-refractivity contribution >= 4 is 11.8 Å². The lowest BCUT2D eigenvalue weighted by molar-refractivity contribution is -0.133. The Morgan fingerprint density at radius 2 is 1.72 bits per heavy atom. The minimum Gasteiger partial charge on any atom is -0.497 e. The summed E-state index contributed by atoms with van der Waals surface area (Å²) in [5.74, 6) is 1.28. The Balaban J connectivity index is 1.70. The van der Waals surface area contributed by atoms with E-state index in [-0.39, 0.29) is 12.2 Å². The molecule has 0 spiro atoms. The van der Waals surface area contributed by atoms with Crippen molar-refractivity contribution in [2.45, 2.75) is 20.3 Å². The van der Waals surface area contributed by atoms with Gasteiger partial charge in [0.15, 0.2) is 5.76 Å². The lowest BCUT2D eigenvalue weighted by atomic mass is 10.1. The number of ketones is 1. The zero-order chi connectivity index (χ0) is 18.0. The topological polar surface area (TPSA) is 61.8 Å². The third-order valence-electron chi connectivity index (χ3n) is 3.81. The van der Waals surface area contributed by atoms with Crippen LogP contribution in [0.2, 0.25) is 0 Å². The molecule has 0 fully saturated rings. The predicted octanol–water partition coefficient (Wildman–Crippen LogP) is 3.71. The first-order valence-electron chi connectivity index (χ1n) is 7.85. The first kappa shape index (κ1) is 16.8. The number of methoxy groups -OCH3 is 1. The number of ether oxygens (including phenoxy) is 3. The lowest BCUT2D eigenvalue weighted by Gasteiger charge is -2.06. The quantitative estimate of drug-likeness (QED) is 0.483. The fourth-order valence-electron chi connectivity index (χ4n) is 2.52. The monoisotopic (exact) mass is 338 g/mol. The van der Waals surface area contributed by atoms with Crippen LogP contribution in [0.1, 0.15) is 29.8 Å². The van der Waals surface area contributed by atoms with Gasteiger partial charge in [-0.3, -0.25) is 9.59 Å². The molecule has 5 nitrogen and oxygen atoms in total. The van der Waals surface area contributed by atoms with Crippen LogP contribution >= 0.6 is 0 Å². The van der Waals surface area contributed by atoms with Crippen LogP contribution in [0.5, 0.6) is 17.2 Å². The maximum absolute atomic E-state index is 12.2. The van der Waals surface area contributed by atoms with Gasteiger partial charge < -0.3 is 14.2 Å². The van der Waals surface area contributed by atoms with E-state index >= 15 is 0 Å². The SMILES string of the molecule is COc1ccc(CC(=O)Oc2ccc3c(c2)OC(=C(C)C)C3=O)cc1. The molecule has 1 aliphatic rings. The van der Waals surface area contributed by atoms with Gasteiger partial charge in [-0.15, -0.1) is 0 Å². The van der Waals surface area contributed by atoms with E-state index in [9.17, 15) is 9.59 Å². The minimum absolute atomic E-state index is 0.139. The predicted molar refractivity (Wildman–Crippen MR) is 92.1 cm³/mol. The van der Waals surface area contributed by atoms with Gasteiger partial charge in [0.2, 0.25) is 5.78 Å². The van der Waals surface area contributed by atoms with Gasteiger partial charge in [-0.1, -0.05) is 12.1 Å². The molecule has 0 radical (unpaired) electrons. The third kappa shape index (κ3) is 3.55. The molecule has 128 valence electrons. The van der Waals surface area contributed by atoms with E-state index in [1.165, 1.54) is 0 Å². The molecule has 0 bridgehead atoms. The molecule has 0 amide bonds. The average Bonchev–Trinajstić information content (AvgIpc) is 2.92. The van der Waals surface area contributed by atoms with Crippen molar-refractivity contribution < 1.29 is 23.8 Å². The molecule has 0 N–H and O–H groups in total. The summed E-state index contributed by atoms with van der Waals surface area (Å²) in [6, 6.07) is 12.0. The largest absolute Gasteiger partial charge is 0.497 e. The van der Waals surface area contributed by atoms with E-state index < -0.39 is 5.97 Å². The highest BCUT2D eigenvalue weighted by Gasteiger charge is 2.28. The van der Waals surface area contributed by atoms with Crippen molar-refractivity contribution in [1.29, 1.82) is 0 Å². The number of carbonyl (C=O) groups is 2. The highest BCUT2D eigenvalue weighted by molar-refractivity contribution is 6.12. The van der Waals surface area contributed by atoms with E-state index in [4.69, 9.17) is 14.2 Å². The first-order chi connectivity index (χ1) is 12.0. The van der Waals surface area contributed by atoms with E-state index in [0.717, 1.165) is 16.9 Å². The van der Waals surface area contributed by atoms with Crippen LogP contribution in [0.15, 0.2) is 53.8 Å². The summed E-state index contributed by atoms with van der Waals surface area (Å²) in [5, 5.41) is 0. The van der Waals surface area contributed by atoms with Crippen LogP contribution in [0.4, 0.5) is 0 Å². The van der Waals surface area contributed by atoms with Gasteiger partial charge in [-0.05, 0) is 49.2 Å². The van der Waals surface area contributed by atoms with Crippen LogP contribution in [0.3, 0.4) is 0 Å². The van der Waals surface area contributed by atoms with Gasteiger partial charge in [0.1, 0.15) is 17.2 Å². The Bertz CT molecular complexity index is 858. The number of rotatable bonds is 4. The number of allylic oxidation sites excluding steroid dienone is 2. The van der Waals surface area contributed by atoms with Crippen molar-refractivity contribution in [2.75, 3.05) is 7.11 Å². The van der Waals surface area contributed by atoms with E-state index in [2.05, 4.69) is 0 Å². The molecular formula is C20H18O5. The Morgan fingerprint density at radius 3 is 2.36 bits per heavy atom. The molecule has 0 atom stereocenters. The van der Waals surface area contributed by atoms with Crippen molar-refractivity contribution in [1.82, 2.24) is 0 Å². The second-order valence-electron chi connectivity index (χ2n) is 5.92. The molecular weight excluding hydrogens is 320 g/mol. The van der Waals surface area contributed by atoms with Crippen LogP contribution in [-0.4, -0.2) is 18.9 Å². The van der Waals surface area contributed by atoms with Crippen molar-refractivity contribution in [3.05, 3.63) is 64.9 Å². The second kappa shape index (κ2) is 6.81. The highest BCUT2D eigenvalue weighted by Crippen LogP contribution is 2.35. The van der Waals surface area contributed by atoms with Gasteiger partial charge >= 0.3 is 5.97 Å². The molecule has 5 heteroatoms. The average molecular weight is 338 g/mol. The number of benzene rings is 2. The van der Waals surface area contributed by atoms with Gasteiger partial charge in [0, 0.05) is 6.07 Å². The Hall–Kier alpha value is -3.08. The number of Topliss-reactive ketones (excluding diaryl/α,β-unsaturated/α-hetero) is 1. The molecule has 2 aromatic rings. The molecule has 2 aromatic carbocycles. The van der Waals surface area contributed by atoms with Gasteiger partial charge in [-0.2, -0.15) is 0 Å². The zero-order valence-electron chi connectivity index (χ0n) is 14.3. The minimum atomic E-state index is -0.392. The smallest absolute Gasteiger partial charge is 0.315 e. The zero-order valence-corrected chi connectivity index (χ0v) is 14.3. The van der Waals surface area contributed by atoms with E-state index in [0.29, 0.717) is 22.8 Å². The fourth-order valence-corrected chi connectivity index (χ4v) is 2.52. The molecule has 0 saturated heterocycles. The summed E-state index contributed by atoms with van der Waals surface area (Å²) in [6.07, 6.45) is 0.139. The summed E-state index contributed by atoms with van der Waals surface area (Å²) in [5.41, 5.74) is 2.11. The summed E-state index contributed by atoms with van der Waals surface area (Å²) >= 11 is 0. The molecule has 0 saturated carbocycles. The van der Waals surface area contributed by atoms with Crippen LogP contribution in [0, 0.1) is 0 Å². The van der Waals surface area contributed by atoms with E-state index in [1.807, 2.05) is 26.0 Å². The summed E-state index contributed by atoms with van der Waals surface area (Å²) < 4.78 is 16.0. The van der Waals surface area contributed by atoms with Crippen LogP contribution < -0.4 is 14.2 Å². The molecule has 0 unspecified atom stereocenters. The summed E-state index contributed by atoms with van der Waals surface area (Å²) in [6.45, 7) is 3.63. The van der Waals surface area contributed by atoms with Crippen LogP contribution in [0.25, 0.3) is 0 Å². The second-order valence-corrected chi connectivity index (χ2v) is 5.92. The molecule has 0 aromatic heterocycles. The summed E-state index contributed by atoms with van der Waals surface area (Å²) in [4.78, 5) is 24.3. The first-order valence-corrected chi connectivity index (χ1v) is 7.85. The molecule has 0 aliphatic carbocycles. The molecule has 3 rings (SSSR count). The fraction of sp³-hybridized carbons (Fsp3) is 0.200. The highest BCUT2D eigenvalue weighted by atomic mass is 16.5. The van der Waals surface area contributed by atoms with E-state index in [1.54, 1.807) is 37.4 Å². The number of fused-ring (bicyclic) bond motifs is 1. The molecule has 25 heavy (non-hydrogen) atoms. The number of esters is 1. The maximum Gasteiger partial charge on any atom is 0.315 e. The number of carbonyl (C=O) groups excluding carboxylic acids is 2.